The van der Waals surface area contributed by atoms with Crippen LogP contribution in [0.5, 0.6) is 0 Å². The Kier molecular flexibility index (Phi) is 4.17. The average molecular weight is 385 g/mol. The van der Waals surface area contributed by atoms with E-state index in [9.17, 15) is 9.65 Å². The molecule has 0 aliphatic heterocycles. The fraction of sp³-hybridized carbons (Fsp3) is 0.261. The minimum Gasteiger partial charge on any atom is -0.324 e. The molecule has 29 heavy (non-hydrogen) atoms. The van der Waals surface area contributed by atoms with Crippen LogP contribution in [0.15, 0.2) is 61.2 Å². The van der Waals surface area contributed by atoms with Gasteiger partial charge in [0.2, 0.25) is 0 Å². The number of pyridine rings is 2. The van der Waals surface area contributed by atoms with E-state index in [-0.39, 0.29) is 6.54 Å². The number of nitrogens with zero attached hydrogens (tertiary/aromatic N) is 5. The lowest BCUT2D eigenvalue weighted by Crippen LogP contribution is -2.25. The van der Waals surface area contributed by atoms with E-state index >= 15 is 0 Å². The second-order valence-electron chi connectivity index (χ2n) is 7.74. The van der Waals surface area contributed by atoms with Crippen LogP contribution in [0.4, 0.5) is 4.39 Å². The summed E-state index contributed by atoms with van der Waals surface area (Å²) in [5.41, 5.74) is 3.65. The van der Waals surface area contributed by atoms with Gasteiger partial charge in [-0.15, -0.1) is 0 Å². The highest BCUT2D eigenvalue weighted by molar-refractivity contribution is 5.82. The van der Waals surface area contributed by atoms with Gasteiger partial charge in [-0.2, -0.15) is 10.4 Å². The van der Waals surface area contributed by atoms with Crippen LogP contribution in [-0.2, 0) is 6.54 Å². The fourth-order valence-electron chi connectivity index (χ4n) is 4.20. The van der Waals surface area contributed by atoms with E-state index < -0.39 is 5.67 Å². The zero-order valence-electron chi connectivity index (χ0n) is 15.9. The topological polar surface area (TPSA) is 58.9 Å². The summed E-state index contributed by atoms with van der Waals surface area (Å²) in [4.78, 5) is 4.57. The van der Waals surface area contributed by atoms with Crippen molar-refractivity contribution in [1.82, 2.24) is 19.2 Å². The first-order valence-electron chi connectivity index (χ1n) is 9.84. The molecule has 0 spiro atoms. The summed E-state index contributed by atoms with van der Waals surface area (Å²) in [6.45, 7) is 0.280. The third-order valence-electron chi connectivity index (χ3n) is 5.70. The number of hydrogen-bond acceptors (Lipinski definition) is 3. The van der Waals surface area contributed by atoms with Crippen LogP contribution in [0.3, 0.4) is 0 Å². The highest BCUT2D eigenvalue weighted by atomic mass is 19.1. The molecule has 1 fully saturated rings. The Balaban J connectivity index is 1.56. The molecule has 0 bridgehead atoms. The molecule has 4 aromatic rings. The van der Waals surface area contributed by atoms with Crippen molar-refractivity contribution in [1.29, 1.82) is 5.26 Å². The van der Waals surface area contributed by atoms with Crippen molar-refractivity contribution in [3.8, 4) is 28.5 Å². The quantitative estimate of drug-likeness (QED) is 0.496. The summed E-state index contributed by atoms with van der Waals surface area (Å²) in [6, 6.07) is 13.8. The van der Waals surface area contributed by atoms with Gasteiger partial charge in [0.15, 0.2) is 0 Å². The predicted molar refractivity (Wildman–Crippen MR) is 109 cm³/mol. The molecule has 144 valence electrons. The van der Waals surface area contributed by atoms with Gasteiger partial charge in [-0.3, -0.25) is 4.68 Å². The Hall–Kier alpha value is -3.46. The van der Waals surface area contributed by atoms with Crippen LogP contribution in [0.1, 0.15) is 31.4 Å². The molecule has 0 N–H and O–H groups in total. The molecule has 0 unspecified atom stereocenters. The van der Waals surface area contributed by atoms with Crippen LogP contribution in [0.2, 0.25) is 0 Å². The van der Waals surface area contributed by atoms with Crippen molar-refractivity contribution < 1.29 is 4.39 Å². The second-order valence-corrected chi connectivity index (χ2v) is 7.74. The van der Waals surface area contributed by atoms with Gasteiger partial charge >= 0.3 is 0 Å². The number of halogens is 1. The minimum atomic E-state index is -1.16. The van der Waals surface area contributed by atoms with Crippen LogP contribution < -0.4 is 0 Å². The monoisotopic (exact) mass is 385 g/mol. The highest BCUT2D eigenvalue weighted by Crippen LogP contribution is 2.36. The van der Waals surface area contributed by atoms with Crippen LogP contribution in [0, 0.1) is 11.3 Å². The summed E-state index contributed by atoms with van der Waals surface area (Å²) >= 11 is 0. The molecule has 0 amide bonds. The fourth-order valence-corrected chi connectivity index (χ4v) is 4.20. The third kappa shape index (κ3) is 3.29. The van der Waals surface area contributed by atoms with E-state index in [1.807, 2.05) is 53.3 Å². The molecule has 0 aromatic carbocycles. The number of aromatic nitrogens is 4. The lowest BCUT2D eigenvalue weighted by Gasteiger charge is -2.18. The summed E-state index contributed by atoms with van der Waals surface area (Å²) < 4.78 is 18.6. The summed E-state index contributed by atoms with van der Waals surface area (Å²) in [6.07, 6.45) is 10.7. The number of alkyl halides is 1. The van der Waals surface area contributed by atoms with Gasteiger partial charge in [-0.1, -0.05) is 12.8 Å². The van der Waals surface area contributed by atoms with Gasteiger partial charge in [-0.05, 0) is 49.2 Å². The first-order valence-corrected chi connectivity index (χ1v) is 9.84. The van der Waals surface area contributed by atoms with Crippen molar-refractivity contribution in [3.05, 3.63) is 66.9 Å². The van der Waals surface area contributed by atoms with E-state index in [2.05, 4.69) is 16.2 Å². The zero-order chi connectivity index (χ0) is 19.8. The molecule has 6 heteroatoms. The Morgan fingerprint density at radius 3 is 2.79 bits per heavy atom. The molecule has 0 saturated heterocycles. The summed E-state index contributed by atoms with van der Waals surface area (Å²) in [5.74, 6) is 0. The number of nitriles is 1. The van der Waals surface area contributed by atoms with E-state index in [0.717, 1.165) is 40.7 Å². The normalized spacial score (nSPS) is 15.6. The molecule has 4 heterocycles. The van der Waals surface area contributed by atoms with Gasteiger partial charge in [0.1, 0.15) is 17.4 Å². The largest absolute Gasteiger partial charge is 0.324 e. The van der Waals surface area contributed by atoms with Crippen molar-refractivity contribution >= 4 is 5.52 Å². The second kappa shape index (κ2) is 6.85. The number of fused-ring (bicyclic) bond motifs is 1. The highest BCUT2D eigenvalue weighted by Gasteiger charge is 2.34. The summed E-state index contributed by atoms with van der Waals surface area (Å²) in [5, 5.41) is 13.7. The lowest BCUT2D eigenvalue weighted by molar-refractivity contribution is 0.139. The molecule has 0 radical (unpaired) electrons. The third-order valence-corrected chi connectivity index (χ3v) is 5.70. The Bertz CT molecular complexity index is 1220. The van der Waals surface area contributed by atoms with Crippen LogP contribution in [0.25, 0.3) is 27.9 Å². The lowest BCUT2D eigenvalue weighted by atomic mass is 10.0. The molecule has 4 aromatic heterocycles. The molecule has 5 nitrogen and oxygen atoms in total. The van der Waals surface area contributed by atoms with E-state index in [4.69, 9.17) is 0 Å². The Morgan fingerprint density at radius 2 is 1.97 bits per heavy atom. The molecular formula is C23H20FN5. The maximum Gasteiger partial charge on any atom is 0.141 e. The molecule has 0 atom stereocenters. The minimum absolute atomic E-state index is 0.280. The van der Waals surface area contributed by atoms with E-state index in [1.54, 1.807) is 16.9 Å². The van der Waals surface area contributed by atoms with Crippen LogP contribution >= 0.6 is 0 Å². The molecule has 1 aliphatic carbocycles. The summed E-state index contributed by atoms with van der Waals surface area (Å²) in [7, 11) is 0. The first kappa shape index (κ1) is 17.6. The SMILES string of the molecule is N#Cc1ccc(-c2cnn(CC3(F)CCCC3)c2)c(-c2ccn3cccc3c2)n1. The van der Waals surface area contributed by atoms with Crippen LogP contribution in [-0.4, -0.2) is 24.8 Å². The van der Waals surface area contributed by atoms with Crippen molar-refractivity contribution in [2.24, 2.45) is 0 Å². The van der Waals surface area contributed by atoms with E-state index in [1.165, 1.54) is 0 Å². The first-order chi connectivity index (χ1) is 14.1. The predicted octanol–water partition coefficient (Wildman–Crippen LogP) is 5.02. The van der Waals surface area contributed by atoms with Gasteiger partial charge in [0.05, 0.1) is 18.4 Å². The van der Waals surface area contributed by atoms with E-state index in [0.29, 0.717) is 18.5 Å². The Morgan fingerprint density at radius 1 is 1.10 bits per heavy atom. The number of rotatable bonds is 4. The van der Waals surface area contributed by atoms with Crippen molar-refractivity contribution in [2.75, 3.05) is 0 Å². The van der Waals surface area contributed by atoms with Crippen molar-refractivity contribution in [3.63, 3.8) is 0 Å². The molecule has 5 rings (SSSR count). The maximum absolute atomic E-state index is 14.9. The maximum atomic E-state index is 14.9. The van der Waals surface area contributed by atoms with Crippen molar-refractivity contribution in [2.45, 2.75) is 37.9 Å². The molecular weight excluding hydrogens is 365 g/mol. The van der Waals surface area contributed by atoms with Gasteiger partial charge in [0.25, 0.3) is 0 Å². The zero-order valence-corrected chi connectivity index (χ0v) is 15.9. The standard InChI is InChI=1S/C23H20FN5/c24-23(8-1-2-9-23)16-29-15-18(14-26-29)21-6-5-19(13-25)27-22(21)17-7-11-28-10-3-4-20(28)12-17/h3-7,10-12,14-15H,1-2,8-9,16H2. The van der Waals surface area contributed by atoms with Gasteiger partial charge in [-0.25, -0.2) is 9.37 Å². The Labute approximate surface area is 168 Å². The molecule has 1 aliphatic rings. The van der Waals surface area contributed by atoms with Gasteiger partial charge in [0, 0.05) is 40.8 Å². The van der Waals surface area contributed by atoms with Gasteiger partial charge < -0.3 is 4.40 Å². The smallest absolute Gasteiger partial charge is 0.141 e. The number of hydrogen-bond donors (Lipinski definition) is 0. The molecule has 1 saturated carbocycles. The average Bonchev–Trinajstić information content (AvgIpc) is 3.48.